The summed E-state index contributed by atoms with van der Waals surface area (Å²) >= 11 is 0. The van der Waals surface area contributed by atoms with Crippen molar-refractivity contribution >= 4 is 11.4 Å². The number of hydrogen-bond donors (Lipinski definition) is 2. The molecule has 0 saturated heterocycles. The summed E-state index contributed by atoms with van der Waals surface area (Å²) in [6.45, 7) is 0. The molecule has 0 aliphatic carbocycles. The molecule has 0 amide bonds. The standard InChI is InChI=1S/C64H47N5/c1-66-61-34-33-57(65)41-58(61)53-27-10-23-49(37-53)45-19-8-22-48(35-45)52-26-13-30-56(40-52)64-68-62(44-17-6-3-7-18-44)42-63(69-64)55-29-12-25-51(39-55)47-21-9-20-46(36-47)50-24-11-28-54(38-50)60-32-14-31-59(67-60)43-15-4-2-5-16-43/h2-42,66H,65H2,1H3. The van der Waals surface area contributed by atoms with Gasteiger partial charge in [-0.1, -0.05) is 176 Å². The molecular formula is C64H47N5. The van der Waals surface area contributed by atoms with E-state index in [4.69, 9.17) is 20.7 Å². The van der Waals surface area contributed by atoms with Gasteiger partial charge in [-0.05, 0) is 123 Å². The minimum atomic E-state index is 0.663. The molecule has 0 radical (unpaired) electrons. The Labute approximate surface area is 403 Å². The van der Waals surface area contributed by atoms with Gasteiger partial charge in [0.2, 0.25) is 0 Å². The first-order chi connectivity index (χ1) is 34.0. The highest BCUT2D eigenvalue weighted by molar-refractivity contribution is 5.85. The average molecular weight is 886 g/mol. The Morgan fingerprint density at radius 3 is 1.13 bits per heavy atom. The summed E-state index contributed by atoms with van der Waals surface area (Å²) in [5.74, 6) is 0.663. The maximum Gasteiger partial charge on any atom is 0.160 e. The SMILES string of the molecule is CNc1ccc(N)cc1-c1cccc(-c2cccc(-c3cccc(-c4nc(-c5ccccc5)cc(-c5cccc(-c6cccc(-c7cccc(-c8cccc(-c9ccccc9)n8)c7)c6)c5)n4)c3)c2)c1. The lowest BCUT2D eigenvalue weighted by Crippen LogP contribution is -1.96. The fourth-order valence-electron chi connectivity index (χ4n) is 9.04. The first kappa shape index (κ1) is 42.4. The van der Waals surface area contributed by atoms with Gasteiger partial charge in [0.1, 0.15) is 0 Å². The number of aromatic nitrogens is 3. The summed E-state index contributed by atoms with van der Waals surface area (Å²) in [6, 6.07) is 86.9. The van der Waals surface area contributed by atoms with Crippen molar-refractivity contribution < 1.29 is 0 Å². The quantitative estimate of drug-likeness (QED) is 0.127. The lowest BCUT2D eigenvalue weighted by atomic mass is 9.95. The van der Waals surface area contributed by atoms with E-state index in [1.54, 1.807) is 0 Å². The molecule has 0 fully saturated rings. The number of nitrogen functional groups attached to an aromatic ring is 1. The Kier molecular flexibility index (Phi) is 11.7. The minimum absolute atomic E-state index is 0.663. The highest BCUT2D eigenvalue weighted by atomic mass is 14.9. The molecule has 5 nitrogen and oxygen atoms in total. The zero-order valence-corrected chi connectivity index (χ0v) is 38.1. The van der Waals surface area contributed by atoms with Gasteiger partial charge in [0, 0.05) is 51.8 Å². The molecule has 0 aliphatic heterocycles. The maximum atomic E-state index is 6.22. The van der Waals surface area contributed by atoms with E-state index in [1.807, 2.05) is 49.5 Å². The smallest absolute Gasteiger partial charge is 0.160 e. The van der Waals surface area contributed by atoms with Crippen LogP contribution in [0.5, 0.6) is 0 Å². The molecule has 3 N–H and O–H groups in total. The molecule has 0 unspecified atom stereocenters. The van der Waals surface area contributed by atoms with E-state index in [2.05, 4.69) is 212 Å². The summed E-state index contributed by atoms with van der Waals surface area (Å²) in [5, 5.41) is 3.31. The number of benzene rings is 9. The van der Waals surface area contributed by atoms with E-state index in [0.717, 1.165) is 118 Å². The van der Waals surface area contributed by atoms with Crippen LogP contribution in [0.2, 0.25) is 0 Å². The molecular weight excluding hydrogens is 839 g/mol. The second-order valence-electron chi connectivity index (χ2n) is 17.1. The van der Waals surface area contributed by atoms with Crippen molar-refractivity contribution in [3.63, 3.8) is 0 Å². The lowest BCUT2D eigenvalue weighted by molar-refractivity contribution is 1.18. The van der Waals surface area contributed by atoms with Gasteiger partial charge in [-0.2, -0.15) is 0 Å². The molecule has 2 aromatic heterocycles. The lowest BCUT2D eigenvalue weighted by Gasteiger charge is -2.13. The van der Waals surface area contributed by atoms with Crippen molar-refractivity contribution in [3.05, 3.63) is 249 Å². The molecule has 0 aliphatic rings. The van der Waals surface area contributed by atoms with Gasteiger partial charge in [-0.3, -0.25) is 0 Å². The summed E-state index contributed by atoms with van der Waals surface area (Å²) in [7, 11) is 1.94. The van der Waals surface area contributed by atoms with Gasteiger partial charge < -0.3 is 11.1 Å². The van der Waals surface area contributed by atoms with E-state index < -0.39 is 0 Å². The van der Waals surface area contributed by atoms with Crippen LogP contribution in [-0.2, 0) is 0 Å². The van der Waals surface area contributed by atoms with Crippen LogP contribution in [0.1, 0.15) is 0 Å². The first-order valence-electron chi connectivity index (χ1n) is 23.2. The largest absolute Gasteiger partial charge is 0.399 e. The number of pyridine rings is 1. The van der Waals surface area contributed by atoms with E-state index in [-0.39, 0.29) is 0 Å². The van der Waals surface area contributed by atoms with E-state index in [1.165, 1.54) is 0 Å². The predicted molar refractivity (Wildman–Crippen MR) is 288 cm³/mol. The summed E-state index contributed by atoms with van der Waals surface area (Å²) in [6.07, 6.45) is 0. The monoisotopic (exact) mass is 885 g/mol. The summed E-state index contributed by atoms with van der Waals surface area (Å²) in [5.41, 5.74) is 27.9. The van der Waals surface area contributed by atoms with Crippen LogP contribution in [0, 0.1) is 0 Å². The van der Waals surface area contributed by atoms with Crippen molar-refractivity contribution in [1.29, 1.82) is 0 Å². The fraction of sp³-hybridized carbons (Fsp3) is 0.0156. The molecule has 11 rings (SSSR count). The van der Waals surface area contributed by atoms with Gasteiger partial charge in [0.05, 0.1) is 22.8 Å². The molecule has 11 aromatic rings. The highest BCUT2D eigenvalue weighted by Gasteiger charge is 2.15. The second kappa shape index (κ2) is 19.0. The van der Waals surface area contributed by atoms with Gasteiger partial charge >= 0.3 is 0 Å². The fourth-order valence-corrected chi connectivity index (χ4v) is 9.04. The molecule has 0 saturated carbocycles. The van der Waals surface area contributed by atoms with Gasteiger partial charge in [-0.25, -0.2) is 15.0 Å². The van der Waals surface area contributed by atoms with E-state index in [9.17, 15) is 0 Å². The van der Waals surface area contributed by atoms with Gasteiger partial charge in [0.15, 0.2) is 5.82 Å². The van der Waals surface area contributed by atoms with Crippen molar-refractivity contribution in [2.45, 2.75) is 0 Å². The first-order valence-corrected chi connectivity index (χ1v) is 23.2. The zero-order valence-electron chi connectivity index (χ0n) is 38.1. The molecule has 0 bridgehead atoms. The topological polar surface area (TPSA) is 76.7 Å². The number of nitrogens with zero attached hydrogens (tertiary/aromatic N) is 3. The molecule has 2 heterocycles. The van der Waals surface area contributed by atoms with Crippen molar-refractivity contribution in [2.24, 2.45) is 0 Å². The van der Waals surface area contributed by atoms with Crippen LogP contribution < -0.4 is 11.1 Å². The third-order valence-corrected chi connectivity index (χ3v) is 12.6. The molecule has 69 heavy (non-hydrogen) atoms. The number of rotatable bonds is 11. The van der Waals surface area contributed by atoms with Crippen LogP contribution in [0.3, 0.4) is 0 Å². The number of hydrogen-bond acceptors (Lipinski definition) is 5. The van der Waals surface area contributed by atoms with Crippen molar-refractivity contribution in [1.82, 2.24) is 15.0 Å². The Bertz CT molecular complexity index is 3620. The maximum absolute atomic E-state index is 6.22. The average Bonchev–Trinajstić information content (AvgIpc) is 3.43. The van der Waals surface area contributed by atoms with Gasteiger partial charge in [-0.15, -0.1) is 0 Å². The summed E-state index contributed by atoms with van der Waals surface area (Å²) in [4.78, 5) is 15.5. The molecule has 0 spiro atoms. The Balaban J connectivity index is 0.913. The van der Waals surface area contributed by atoms with Crippen molar-refractivity contribution in [2.75, 3.05) is 18.1 Å². The van der Waals surface area contributed by atoms with Crippen LogP contribution in [0.4, 0.5) is 11.4 Å². The molecule has 9 aromatic carbocycles. The third kappa shape index (κ3) is 9.18. The molecule has 328 valence electrons. The second-order valence-corrected chi connectivity index (χ2v) is 17.1. The molecule has 0 atom stereocenters. The predicted octanol–water partition coefficient (Wildman–Crippen LogP) is 16.2. The Hall–Kier alpha value is -9.19. The third-order valence-electron chi connectivity index (χ3n) is 12.6. The van der Waals surface area contributed by atoms with Crippen molar-refractivity contribution in [3.8, 4) is 112 Å². The van der Waals surface area contributed by atoms with Crippen LogP contribution in [-0.4, -0.2) is 22.0 Å². The zero-order chi connectivity index (χ0) is 46.5. The minimum Gasteiger partial charge on any atom is -0.399 e. The number of nitrogens with two attached hydrogens (primary N) is 1. The normalized spacial score (nSPS) is 11.0. The van der Waals surface area contributed by atoms with Crippen LogP contribution in [0.25, 0.3) is 112 Å². The van der Waals surface area contributed by atoms with Crippen LogP contribution in [0.15, 0.2) is 249 Å². The van der Waals surface area contributed by atoms with E-state index >= 15 is 0 Å². The van der Waals surface area contributed by atoms with E-state index in [0.29, 0.717) is 5.82 Å². The summed E-state index contributed by atoms with van der Waals surface area (Å²) < 4.78 is 0. The number of anilines is 2. The van der Waals surface area contributed by atoms with Crippen LogP contribution >= 0.6 is 0 Å². The van der Waals surface area contributed by atoms with Gasteiger partial charge in [0.25, 0.3) is 0 Å². The Morgan fingerprint density at radius 2 is 0.623 bits per heavy atom. The highest BCUT2D eigenvalue weighted by Crippen LogP contribution is 2.37. The molecule has 5 heteroatoms. The Morgan fingerprint density at radius 1 is 0.275 bits per heavy atom. The number of nitrogens with one attached hydrogen (secondary N) is 1.